The summed E-state index contributed by atoms with van der Waals surface area (Å²) in [6, 6.07) is 13.5. The van der Waals surface area contributed by atoms with E-state index in [1.165, 1.54) is 44.1 Å². The minimum atomic E-state index is -0.105. The van der Waals surface area contributed by atoms with E-state index in [0.717, 1.165) is 29.1 Å². The maximum Gasteiger partial charge on any atom is 0.131 e. The van der Waals surface area contributed by atoms with E-state index < -0.39 is 0 Å². The van der Waals surface area contributed by atoms with Crippen LogP contribution in [0.5, 0.6) is 5.75 Å². The quantitative estimate of drug-likeness (QED) is 0.589. The maximum atomic E-state index is 14.8. The van der Waals surface area contributed by atoms with Gasteiger partial charge in [0.05, 0.1) is 7.11 Å². The summed E-state index contributed by atoms with van der Waals surface area (Å²) in [6.45, 7) is 2.40. The van der Waals surface area contributed by atoms with Gasteiger partial charge in [0.1, 0.15) is 11.6 Å². The van der Waals surface area contributed by atoms with Gasteiger partial charge in [-0.2, -0.15) is 0 Å². The summed E-state index contributed by atoms with van der Waals surface area (Å²) in [5.74, 6) is 3.89. The third kappa shape index (κ3) is 3.51. The van der Waals surface area contributed by atoms with E-state index in [-0.39, 0.29) is 5.82 Å². The molecule has 0 amide bonds. The van der Waals surface area contributed by atoms with E-state index in [4.69, 9.17) is 4.74 Å². The molecule has 2 aromatic carbocycles. The van der Waals surface area contributed by atoms with Gasteiger partial charge in [-0.1, -0.05) is 37.6 Å². The predicted octanol–water partition coefficient (Wildman–Crippen LogP) is 6.82. The average molecular weight is 352 g/mol. The molecule has 0 N–H and O–H groups in total. The Labute approximate surface area is 156 Å². The molecule has 2 aromatic rings. The van der Waals surface area contributed by atoms with Gasteiger partial charge in [-0.3, -0.25) is 0 Å². The van der Waals surface area contributed by atoms with Crippen LogP contribution in [0.3, 0.4) is 0 Å². The summed E-state index contributed by atoms with van der Waals surface area (Å²) in [5.41, 5.74) is 2.77. The monoisotopic (exact) mass is 352 g/mol. The van der Waals surface area contributed by atoms with Gasteiger partial charge >= 0.3 is 0 Å². The molecule has 0 bridgehead atoms. The van der Waals surface area contributed by atoms with Crippen LogP contribution < -0.4 is 4.74 Å². The van der Waals surface area contributed by atoms with Crippen molar-refractivity contribution >= 4 is 0 Å². The van der Waals surface area contributed by atoms with Crippen LogP contribution in [0.2, 0.25) is 0 Å². The molecule has 0 radical (unpaired) electrons. The van der Waals surface area contributed by atoms with E-state index in [0.29, 0.717) is 11.5 Å². The molecule has 26 heavy (non-hydrogen) atoms. The zero-order valence-corrected chi connectivity index (χ0v) is 15.9. The molecule has 2 aliphatic carbocycles. The van der Waals surface area contributed by atoms with Crippen LogP contribution in [0.15, 0.2) is 42.5 Å². The van der Waals surface area contributed by atoms with Gasteiger partial charge in [0.15, 0.2) is 0 Å². The molecule has 0 saturated heterocycles. The Morgan fingerprint density at radius 1 is 0.885 bits per heavy atom. The number of ether oxygens (including phenoxy) is 1. The molecule has 1 nitrogen and oxygen atoms in total. The molecule has 138 valence electrons. The zero-order valence-electron chi connectivity index (χ0n) is 15.9. The van der Waals surface area contributed by atoms with Crippen LogP contribution in [-0.4, -0.2) is 7.11 Å². The molecule has 0 heterocycles. The topological polar surface area (TPSA) is 9.23 Å². The van der Waals surface area contributed by atoms with Crippen molar-refractivity contribution in [1.29, 1.82) is 0 Å². The SMILES string of the molecule is COc1ccc(-c2ccc(C3CCC4CC(C)CCC4C3)cc2F)cc1. The largest absolute Gasteiger partial charge is 0.497 e. The third-order valence-electron chi connectivity index (χ3n) is 6.74. The van der Waals surface area contributed by atoms with E-state index in [2.05, 4.69) is 13.0 Å². The molecule has 4 atom stereocenters. The molecular weight excluding hydrogens is 323 g/mol. The molecule has 2 aliphatic rings. The van der Waals surface area contributed by atoms with Gasteiger partial charge in [-0.15, -0.1) is 0 Å². The normalized spacial score (nSPS) is 28.4. The lowest BCUT2D eigenvalue weighted by molar-refractivity contribution is 0.124. The lowest BCUT2D eigenvalue weighted by atomic mass is 9.64. The van der Waals surface area contributed by atoms with Crippen LogP contribution in [0.25, 0.3) is 11.1 Å². The molecule has 0 aliphatic heterocycles. The fraction of sp³-hybridized carbons (Fsp3) is 0.500. The standard InChI is InChI=1S/C24H29FO/c1-16-3-4-19-14-20(6-5-18(19)13-16)21-9-12-23(24(25)15-21)17-7-10-22(26-2)11-8-17/h7-12,15-16,18-20H,3-6,13-14H2,1-2H3. The van der Waals surface area contributed by atoms with Gasteiger partial charge in [0, 0.05) is 5.56 Å². The number of rotatable bonds is 3. The van der Waals surface area contributed by atoms with Crippen LogP contribution in [-0.2, 0) is 0 Å². The van der Waals surface area contributed by atoms with Gasteiger partial charge in [-0.25, -0.2) is 4.39 Å². The smallest absolute Gasteiger partial charge is 0.131 e. The van der Waals surface area contributed by atoms with Gasteiger partial charge < -0.3 is 4.74 Å². The number of hydrogen-bond donors (Lipinski definition) is 0. The van der Waals surface area contributed by atoms with Crippen LogP contribution in [0.1, 0.15) is 56.9 Å². The maximum absolute atomic E-state index is 14.8. The van der Waals surface area contributed by atoms with Crippen molar-refractivity contribution in [2.75, 3.05) is 7.11 Å². The van der Waals surface area contributed by atoms with Gasteiger partial charge in [-0.05, 0) is 85.1 Å². The third-order valence-corrected chi connectivity index (χ3v) is 6.74. The van der Waals surface area contributed by atoms with E-state index in [1.54, 1.807) is 13.2 Å². The minimum absolute atomic E-state index is 0.105. The van der Waals surface area contributed by atoms with Crippen molar-refractivity contribution < 1.29 is 9.13 Å². The summed E-state index contributed by atoms with van der Waals surface area (Å²) in [7, 11) is 1.64. The minimum Gasteiger partial charge on any atom is -0.497 e. The first-order chi connectivity index (χ1) is 12.6. The molecule has 2 heteroatoms. The Morgan fingerprint density at radius 3 is 2.35 bits per heavy atom. The highest BCUT2D eigenvalue weighted by molar-refractivity contribution is 5.65. The second-order valence-corrected chi connectivity index (χ2v) is 8.42. The zero-order chi connectivity index (χ0) is 18.1. The molecule has 2 fully saturated rings. The summed E-state index contributed by atoms with van der Waals surface area (Å²) in [5, 5.41) is 0. The van der Waals surface area contributed by atoms with Crippen molar-refractivity contribution in [2.24, 2.45) is 17.8 Å². The second-order valence-electron chi connectivity index (χ2n) is 8.42. The summed E-state index contributed by atoms with van der Waals surface area (Å²) < 4.78 is 20.0. The lowest BCUT2D eigenvalue weighted by Crippen LogP contribution is -2.29. The van der Waals surface area contributed by atoms with Crippen LogP contribution in [0, 0.1) is 23.6 Å². The highest BCUT2D eigenvalue weighted by Gasteiger charge is 2.34. The van der Waals surface area contributed by atoms with Crippen molar-refractivity contribution in [2.45, 2.75) is 51.4 Å². The summed E-state index contributed by atoms with van der Waals surface area (Å²) in [4.78, 5) is 0. The lowest BCUT2D eigenvalue weighted by Gasteiger charge is -2.41. The van der Waals surface area contributed by atoms with Crippen molar-refractivity contribution in [3.05, 3.63) is 53.8 Å². The highest BCUT2D eigenvalue weighted by Crippen LogP contribution is 2.47. The predicted molar refractivity (Wildman–Crippen MR) is 105 cm³/mol. The fourth-order valence-corrected chi connectivity index (χ4v) is 5.22. The molecule has 0 aromatic heterocycles. The number of fused-ring (bicyclic) bond motifs is 1. The van der Waals surface area contributed by atoms with E-state index in [1.807, 2.05) is 30.3 Å². The molecule has 4 rings (SSSR count). The van der Waals surface area contributed by atoms with E-state index in [9.17, 15) is 4.39 Å². The van der Waals surface area contributed by atoms with Gasteiger partial charge in [0.25, 0.3) is 0 Å². The van der Waals surface area contributed by atoms with Crippen molar-refractivity contribution in [3.8, 4) is 16.9 Å². The van der Waals surface area contributed by atoms with Crippen molar-refractivity contribution in [1.82, 2.24) is 0 Å². The van der Waals surface area contributed by atoms with Gasteiger partial charge in [0.2, 0.25) is 0 Å². The average Bonchev–Trinajstić information content (AvgIpc) is 2.67. The Kier molecular flexibility index (Phi) is 5.02. The number of halogens is 1. The summed E-state index contributed by atoms with van der Waals surface area (Å²) >= 11 is 0. The molecule has 4 unspecified atom stereocenters. The Morgan fingerprint density at radius 2 is 1.62 bits per heavy atom. The van der Waals surface area contributed by atoms with Crippen molar-refractivity contribution in [3.63, 3.8) is 0 Å². The number of methoxy groups -OCH3 is 1. The Balaban J connectivity index is 1.50. The Hall–Kier alpha value is -1.83. The number of hydrogen-bond acceptors (Lipinski definition) is 1. The molecular formula is C24H29FO. The summed E-state index contributed by atoms with van der Waals surface area (Å²) in [6.07, 6.45) is 7.94. The van der Waals surface area contributed by atoms with Crippen LogP contribution >= 0.6 is 0 Å². The first-order valence-corrected chi connectivity index (χ1v) is 10.1. The highest BCUT2D eigenvalue weighted by atomic mass is 19.1. The second kappa shape index (κ2) is 7.42. The molecule has 0 spiro atoms. The van der Waals surface area contributed by atoms with E-state index >= 15 is 0 Å². The Bertz CT molecular complexity index is 751. The van der Waals surface area contributed by atoms with Crippen LogP contribution in [0.4, 0.5) is 4.39 Å². The first kappa shape index (κ1) is 17.6. The number of benzene rings is 2. The first-order valence-electron chi connectivity index (χ1n) is 10.1. The molecule has 2 saturated carbocycles. The fourth-order valence-electron chi connectivity index (χ4n) is 5.22.